The van der Waals surface area contributed by atoms with Gasteiger partial charge in [0.2, 0.25) is 11.8 Å². The molecule has 2 N–H and O–H groups in total. The second-order valence-corrected chi connectivity index (χ2v) is 7.73. The standard InChI is InChI=1S/C24H23N5O3/c1-14-22(23(30)25-2)18-7-6-17(13-20(18)31-14)32-21-8-10-26-24(28-21)27-16-5-4-15-9-11-29(3)19(15)12-16/h4-8,10,12-13H,9,11H2,1-3H3,(H,25,30)(H,26,27,28). The highest BCUT2D eigenvalue weighted by atomic mass is 16.5. The molecule has 0 atom stereocenters. The number of nitrogens with zero attached hydrogens (tertiary/aromatic N) is 3. The molecular formula is C24H23N5O3. The first-order chi connectivity index (χ1) is 15.5. The van der Waals surface area contributed by atoms with Crippen molar-refractivity contribution in [2.75, 3.05) is 30.9 Å². The SMILES string of the molecule is CNC(=O)c1c(C)oc2cc(Oc3ccnc(Nc4ccc5c(c4)N(C)CC5)n3)ccc12. The number of hydrogen-bond acceptors (Lipinski definition) is 7. The molecule has 0 saturated heterocycles. The fourth-order valence-corrected chi connectivity index (χ4v) is 4.00. The van der Waals surface area contributed by atoms with E-state index in [4.69, 9.17) is 9.15 Å². The van der Waals surface area contributed by atoms with Crippen LogP contribution in [0.15, 0.2) is 53.1 Å². The van der Waals surface area contributed by atoms with Crippen molar-refractivity contribution in [3.8, 4) is 11.6 Å². The first-order valence-corrected chi connectivity index (χ1v) is 10.4. The van der Waals surface area contributed by atoms with Crippen molar-refractivity contribution in [1.29, 1.82) is 0 Å². The average Bonchev–Trinajstić information content (AvgIpc) is 3.32. The summed E-state index contributed by atoms with van der Waals surface area (Å²) in [5, 5.41) is 6.62. The number of nitrogens with one attached hydrogen (secondary N) is 2. The Kier molecular flexibility index (Phi) is 4.89. The lowest BCUT2D eigenvalue weighted by Gasteiger charge is -2.13. The summed E-state index contributed by atoms with van der Waals surface area (Å²) in [4.78, 5) is 23.1. The normalized spacial score (nSPS) is 12.7. The Balaban J connectivity index is 1.37. The minimum absolute atomic E-state index is 0.181. The molecule has 1 aliphatic heterocycles. The molecule has 5 rings (SSSR count). The third-order valence-corrected chi connectivity index (χ3v) is 5.61. The van der Waals surface area contributed by atoms with E-state index in [1.54, 1.807) is 38.4 Å². The third kappa shape index (κ3) is 3.60. The number of carbonyl (C=O) groups is 1. The smallest absolute Gasteiger partial charge is 0.255 e. The van der Waals surface area contributed by atoms with Gasteiger partial charge in [0.15, 0.2) is 0 Å². The Morgan fingerprint density at radius 2 is 2.06 bits per heavy atom. The molecule has 0 bridgehead atoms. The fraction of sp³-hybridized carbons (Fsp3) is 0.208. The number of furan rings is 1. The summed E-state index contributed by atoms with van der Waals surface area (Å²) in [6.45, 7) is 2.80. The largest absolute Gasteiger partial charge is 0.460 e. The second-order valence-electron chi connectivity index (χ2n) is 7.73. The third-order valence-electron chi connectivity index (χ3n) is 5.61. The van der Waals surface area contributed by atoms with E-state index in [0.29, 0.717) is 34.5 Å². The highest BCUT2D eigenvalue weighted by Gasteiger charge is 2.18. The number of aromatic nitrogens is 2. The summed E-state index contributed by atoms with van der Waals surface area (Å²) in [7, 11) is 3.69. The summed E-state index contributed by atoms with van der Waals surface area (Å²) in [5.41, 5.74) is 4.60. The van der Waals surface area contributed by atoms with Gasteiger partial charge in [-0.05, 0) is 43.2 Å². The summed E-state index contributed by atoms with van der Waals surface area (Å²) < 4.78 is 11.7. The van der Waals surface area contributed by atoms with Gasteiger partial charge < -0.3 is 24.7 Å². The van der Waals surface area contributed by atoms with Crippen molar-refractivity contribution in [3.05, 3.63) is 65.5 Å². The van der Waals surface area contributed by atoms with Crippen molar-refractivity contribution < 1.29 is 13.9 Å². The van der Waals surface area contributed by atoms with Crippen LogP contribution in [0.3, 0.4) is 0 Å². The van der Waals surface area contributed by atoms with E-state index in [-0.39, 0.29) is 5.91 Å². The van der Waals surface area contributed by atoms with E-state index in [2.05, 4.69) is 44.7 Å². The molecule has 4 aromatic rings. The van der Waals surface area contributed by atoms with Gasteiger partial charge in [0, 0.05) is 55.7 Å². The number of likely N-dealkylation sites (N-methyl/N-ethyl adjacent to an activating group) is 1. The monoisotopic (exact) mass is 429 g/mol. The molecule has 162 valence electrons. The lowest BCUT2D eigenvalue weighted by Crippen LogP contribution is -2.18. The van der Waals surface area contributed by atoms with Crippen LogP contribution in [0.5, 0.6) is 11.6 Å². The van der Waals surface area contributed by atoms with E-state index in [0.717, 1.165) is 24.0 Å². The average molecular weight is 429 g/mol. The van der Waals surface area contributed by atoms with Crippen LogP contribution in [0.4, 0.5) is 17.3 Å². The van der Waals surface area contributed by atoms with Gasteiger partial charge in [0.1, 0.15) is 17.1 Å². The number of anilines is 3. The molecule has 0 saturated carbocycles. The maximum Gasteiger partial charge on any atom is 0.255 e. The van der Waals surface area contributed by atoms with Gasteiger partial charge in [0.25, 0.3) is 5.91 Å². The number of amides is 1. The van der Waals surface area contributed by atoms with Crippen LogP contribution in [0.1, 0.15) is 21.7 Å². The lowest BCUT2D eigenvalue weighted by molar-refractivity contribution is 0.0963. The van der Waals surface area contributed by atoms with Crippen LogP contribution < -0.4 is 20.3 Å². The Bertz CT molecular complexity index is 1330. The molecule has 0 spiro atoms. The van der Waals surface area contributed by atoms with Crippen molar-refractivity contribution in [3.63, 3.8) is 0 Å². The Hall–Kier alpha value is -4.07. The van der Waals surface area contributed by atoms with E-state index in [1.807, 2.05) is 12.1 Å². The van der Waals surface area contributed by atoms with Crippen LogP contribution >= 0.6 is 0 Å². The fourth-order valence-electron chi connectivity index (χ4n) is 4.00. The molecule has 2 aromatic heterocycles. The molecule has 8 heteroatoms. The number of fused-ring (bicyclic) bond motifs is 2. The molecule has 3 heterocycles. The lowest BCUT2D eigenvalue weighted by atomic mass is 10.1. The Morgan fingerprint density at radius 3 is 2.91 bits per heavy atom. The van der Waals surface area contributed by atoms with Crippen molar-refractivity contribution in [1.82, 2.24) is 15.3 Å². The number of carbonyl (C=O) groups excluding carboxylic acids is 1. The number of aryl methyl sites for hydroxylation is 1. The molecule has 0 fully saturated rings. The molecule has 0 aliphatic carbocycles. The molecule has 2 aromatic carbocycles. The summed E-state index contributed by atoms with van der Waals surface area (Å²) >= 11 is 0. The zero-order chi connectivity index (χ0) is 22.2. The maximum atomic E-state index is 12.1. The van der Waals surface area contributed by atoms with Gasteiger partial charge in [-0.15, -0.1) is 0 Å². The first kappa shape index (κ1) is 19.9. The van der Waals surface area contributed by atoms with Crippen molar-refractivity contribution in [2.24, 2.45) is 0 Å². The van der Waals surface area contributed by atoms with Gasteiger partial charge in [-0.3, -0.25) is 4.79 Å². The molecule has 0 radical (unpaired) electrons. The van der Waals surface area contributed by atoms with Gasteiger partial charge in [0.05, 0.1) is 5.56 Å². The van der Waals surface area contributed by atoms with Gasteiger partial charge in [-0.1, -0.05) is 6.07 Å². The van der Waals surface area contributed by atoms with Crippen molar-refractivity contribution >= 4 is 34.2 Å². The topological polar surface area (TPSA) is 92.5 Å². The van der Waals surface area contributed by atoms with E-state index in [9.17, 15) is 4.79 Å². The number of benzene rings is 2. The van der Waals surface area contributed by atoms with Crippen LogP contribution in [-0.4, -0.2) is 36.5 Å². The Morgan fingerprint density at radius 1 is 1.19 bits per heavy atom. The number of ether oxygens (including phenoxy) is 1. The highest BCUT2D eigenvalue weighted by Crippen LogP contribution is 2.32. The zero-order valence-electron chi connectivity index (χ0n) is 18.1. The van der Waals surface area contributed by atoms with Crippen LogP contribution in [-0.2, 0) is 6.42 Å². The van der Waals surface area contributed by atoms with Crippen LogP contribution in [0.25, 0.3) is 11.0 Å². The summed E-state index contributed by atoms with van der Waals surface area (Å²) in [6, 6.07) is 13.3. The van der Waals surface area contributed by atoms with Gasteiger partial charge in [-0.2, -0.15) is 4.98 Å². The number of hydrogen-bond donors (Lipinski definition) is 2. The molecular weight excluding hydrogens is 406 g/mol. The van der Waals surface area contributed by atoms with E-state index in [1.165, 1.54) is 11.3 Å². The molecule has 8 nitrogen and oxygen atoms in total. The van der Waals surface area contributed by atoms with Crippen molar-refractivity contribution in [2.45, 2.75) is 13.3 Å². The van der Waals surface area contributed by atoms with E-state index >= 15 is 0 Å². The minimum Gasteiger partial charge on any atom is -0.460 e. The van der Waals surface area contributed by atoms with Gasteiger partial charge in [-0.25, -0.2) is 4.98 Å². The van der Waals surface area contributed by atoms with Crippen LogP contribution in [0.2, 0.25) is 0 Å². The molecule has 1 aliphatic rings. The maximum absolute atomic E-state index is 12.1. The second kappa shape index (κ2) is 7.88. The zero-order valence-corrected chi connectivity index (χ0v) is 18.1. The van der Waals surface area contributed by atoms with Gasteiger partial charge >= 0.3 is 0 Å². The predicted octanol–water partition coefficient (Wildman–Crippen LogP) is 4.42. The highest BCUT2D eigenvalue weighted by molar-refractivity contribution is 6.07. The minimum atomic E-state index is -0.181. The molecule has 1 amide bonds. The quantitative estimate of drug-likeness (QED) is 0.485. The first-order valence-electron chi connectivity index (χ1n) is 10.4. The Labute approximate surface area is 185 Å². The number of rotatable bonds is 5. The van der Waals surface area contributed by atoms with Crippen LogP contribution in [0, 0.1) is 6.92 Å². The predicted molar refractivity (Wildman–Crippen MR) is 123 cm³/mol. The summed E-state index contributed by atoms with van der Waals surface area (Å²) in [5.74, 6) is 1.78. The summed E-state index contributed by atoms with van der Waals surface area (Å²) in [6.07, 6.45) is 2.71. The van der Waals surface area contributed by atoms with E-state index < -0.39 is 0 Å². The molecule has 32 heavy (non-hydrogen) atoms. The molecule has 0 unspecified atom stereocenters.